The van der Waals surface area contributed by atoms with Gasteiger partial charge in [-0.1, -0.05) is 39.1 Å². The molecule has 10 nitrogen and oxygen atoms in total. The summed E-state index contributed by atoms with van der Waals surface area (Å²) >= 11 is 0. The normalized spacial score (nSPS) is 12.5. The lowest BCUT2D eigenvalue weighted by atomic mass is 9.99. The van der Waals surface area contributed by atoms with Crippen molar-refractivity contribution in [1.29, 1.82) is 0 Å². The Morgan fingerprint density at radius 2 is 1.23 bits per heavy atom. The number of rotatable bonds is 22. The first-order valence-electron chi connectivity index (χ1n) is 17.9. The largest absolute Gasteiger partial charge is 0.494 e. The molecule has 0 radical (unpaired) electrons. The van der Waals surface area contributed by atoms with Gasteiger partial charge in [-0.2, -0.15) is 0 Å². The predicted molar refractivity (Wildman–Crippen MR) is 197 cm³/mol. The van der Waals surface area contributed by atoms with E-state index in [9.17, 15) is 19.2 Å². The molecule has 276 valence electrons. The van der Waals surface area contributed by atoms with Crippen LogP contribution in [0.2, 0.25) is 0 Å². The number of hydrogen-bond acceptors (Lipinski definition) is 10. The summed E-state index contributed by atoms with van der Waals surface area (Å²) in [5.41, 5.74) is 4.98. The first-order valence-corrected chi connectivity index (χ1v) is 17.9. The fourth-order valence-electron chi connectivity index (χ4n) is 5.62. The van der Waals surface area contributed by atoms with Crippen LogP contribution < -0.4 is 14.2 Å². The highest BCUT2D eigenvalue weighted by atomic mass is 16.5. The molecule has 3 aromatic rings. The Hall–Kier alpha value is -5.38. The predicted octanol–water partition coefficient (Wildman–Crippen LogP) is 8.31. The second-order valence-corrected chi connectivity index (χ2v) is 12.5. The zero-order valence-corrected chi connectivity index (χ0v) is 30.1. The Morgan fingerprint density at radius 1 is 0.673 bits per heavy atom. The maximum Gasteiger partial charge on any atom is 0.343 e. The standard InChI is InChI=1S/C42H48O10/c1-5-21-49-40(44)26-29(3)41(45)51-25-10-8-7-9-22-47-32-15-13-31(14-16-32)42(46)52-34-18-20-36-35-19-17-33(27-37(35)30(4)38(36)28-34)48-23-11-12-24-50-39(43)6-2/h6,13-20,27-28,30H,2-3,5,7-12,21-26H2,1,4H3. The first-order chi connectivity index (χ1) is 25.2. The minimum atomic E-state index is -0.575. The molecular weight excluding hydrogens is 664 g/mol. The van der Waals surface area contributed by atoms with Crippen LogP contribution in [0.25, 0.3) is 11.1 Å². The zero-order chi connectivity index (χ0) is 37.3. The molecule has 0 heterocycles. The minimum absolute atomic E-state index is 0.0936. The van der Waals surface area contributed by atoms with Gasteiger partial charge in [0.15, 0.2) is 0 Å². The van der Waals surface area contributed by atoms with Crippen LogP contribution in [0.3, 0.4) is 0 Å². The molecule has 1 unspecified atom stereocenters. The van der Waals surface area contributed by atoms with Crippen molar-refractivity contribution < 1.29 is 47.6 Å². The molecule has 0 fully saturated rings. The van der Waals surface area contributed by atoms with E-state index in [0.29, 0.717) is 62.8 Å². The van der Waals surface area contributed by atoms with E-state index >= 15 is 0 Å². The van der Waals surface area contributed by atoms with E-state index in [1.165, 1.54) is 0 Å². The molecule has 52 heavy (non-hydrogen) atoms. The van der Waals surface area contributed by atoms with Crippen LogP contribution >= 0.6 is 0 Å². The van der Waals surface area contributed by atoms with E-state index in [1.807, 2.05) is 31.2 Å². The van der Waals surface area contributed by atoms with Crippen LogP contribution in [-0.4, -0.2) is 56.9 Å². The van der Waals surface area contributed by atoms with Gasteiger partial charge >= 0.3 is 23.9 Å². The van der Waals surface area contributed by atoms with Gasteiger partial charge in [-0.15, -0.1) is 0 Å². The second kappa shape index (κ2) is 20.5. The van der Waals surface area contributed by atoms with Gasteiger partial charge in [0.25, 0.3) is 0 Å². The number of esters is 4. The first kappa shape index (κ1) is 39.4. The quantitative estimate of drug-likeness (QED) is 0.0330. The molecule has 3 aromatic carbocycles. The molecular formula is C42H48O10. The van der Waals surface area contributed by atoms with E-state index in [0.717, 1.165) is 59.8 Å². The van der Waals surface area contributed by atoms with Crippen LogP contribution in [-0.2, 0) is 28.6 Å². The van der Waals surface area contributed by atoms with Crippen LogP contribution in [0.1, 0.15) is 92.6 Å². The van der Waals surface area contributed by atoms with Gasteiger partial charge in [-0.3, -0.25) is 4.79 Å². The van der Waals surface area contributed by atoms with Crippen molar-refractivity contribution in [3.05, 3.63) is 102 Å². The third kappa shape index (κ3) is 11.9. The minimum Gasteiger partial charge on any atom is -0.494 e. The number of carbonyl (C=O) groups excluding carboxylic acids is 4. The van der Waals surface area contributed by atoms with Gasteiger partial charge < -0.3 is 28.4 Å². The lowest BCUT2D eigenvalue weighted by molar-refractivity contribution is -0.146. The molecule has 0 N–H and O–H groups in total. The number of hydrogen-bond donors (Lipinski definition) is 0. The van der Waals surface area contributed by atoms with E-state index in [1.54, 1.807) is 24.3 Å². The molecule has 1 atom stereocenters. The summed E-state index contributed by atoms with van der Waals surface area (Å²) in [4.78, 5) is 47.7. The number of fused-ring (bicyclic) bond motifs is 3. The summed E-state index contributed by atoms with van der Waals surface area (Å²) in [5.74, 6) is 0.0841. The van der Waals surface area contributed by atoms with Crippen molar-refractivity contribution >= 4 is 23.9 Å². The molecule has 0 saturated heterocycles. The van der Waals surface area contributed by atoms with Crippen LogP contribution in [0.5, 0.6) is 17.2 Å². The highest BCUT2D eigenvalue weighted by Crippen LogP contribution is 2.47. The lowest BCUT2D eigenvalue weighted by Crippen LogP contribution is -2.13. The van der Waals surface area contributed by atoms with Crippen molar-refractivity contribution in [2.75, 3.05) is 33.0 Å². The topological polar surface area (TPSA) is 124 Å². The van der Waals surface area contributed by atoms with Gasteiger partial charge in [0.05, 0.1) is 45.0 Å². The fraction of sp³-hybridized carbons (Fsp3) is 0.381. The van der Waals surface area contributed by atoms with Gasteiger partial charge in [0, 0.05) is 17.6 Å². The molecule has 0 amide bonds. The van der Waals surface area contributed by atoms with E-state index < -0.39 is 23.9 Å². The van der Waals surface area contributed by atoms with Crippen molar-refractivity contribution in [3.8, 4) is 28.4 Å². The lowest BCUT2D eigenvalue weighted by Gasteiger charge is -2.11. The van der Waals surface area contributed by atoms with Gasteiger partial charge in [0.1, 0.15) is 17.2 Å². The van der Waals surface area contributed by atoms with Crippen LogP contribution in [0.4, 0.5) is 0 Å². The molecule has 1 aliphatic carbocycles. The maximum absolute atomic E-state index is 13.0. The Balaban J connectivity index is 1.14. The zero-order valence-electron chi connectivity index (χ0n) is 30.1. The molecule has 0 saturated carbocycles. The average molecular weight is 713 g/mol. The van der Waals surface area contributed by atoms with Crippen LogP contribution in [0.15, 0.2) is 85.5 Å². The maximum atomic E-state index is 13.0. The summed E-state index contributed by atoms with van der Waals surface area (Å²) in [6.07, 6.45) is 6.43. The highest BCUT2D eigenvalue weighted by molar-refractivity contribution is 5.93. The van der Waals surface area contributed by atoms with Gasteiger partial charge in [-0.05, 0) is 116 Å². The molecule has 0 aliphatic heterocycles. The number of benzene rings is 3. The number of carbonyl (C=O) groups is 4. The Kier molecular flexibility index (Phi) is 15.5. The Labute approximate surface area is 305 Å². The molecule has 0 bridgehead atoms. The highest BCUT2D eigenvalue weighted by Gasteiger charge is 2.27. The summed E-state index contributed by atoms with van der Waals surface area (Å²) in [7, 11) is 0. The monoisotopic (exact) mass is 712 g/mol. The summed E-state index contributed by atoms with van der Waals surface area (Å²) in [5, 5.41) is 0. The molecule has 0 spiro atoms. The van der Waals surface area contributed by atoms with E-state index in [-0.39, 0.29) is 24.5 Å². The average Bonchev–Trinajstić information content (AvgIpc) is 3.42. The molecule has 1 aliphatic rings. The van der Waals surface area contributed by atoms with E-state index in [4.69, 9.17) is 28.4 Å². The van der Waals surface area contributed by atoms with Crippen molar-refractivity contribution in [3.63, 3.8) is 0 Å². The van der Waals surface area contributed by atoms with Crippen molar-refractivity contribution in [1.82, 2.24) is 0 Å². The third-order valence-corrected chi connectivity index (χ3v) is 8.44. The number of ether oxygens (including phenoxy) is 6. The van der Waals surface area contributed by atoms with Crippen molar-refractivity contribution in [2.24, 2.45) is 0 Å². The third-order valence-electron chi connectivity index (χ3n) is 8.44. The smallest absolute Gasteiger partial charge is 0.343 e. The number of unbranched alkanes of at least 4 members (excludes halogenated alkanes) is 4. The SMILES string of the molecule is C=CC(=O)OCCCCOc1ccc2c(c1)C(C)c1cc(OC(=O)c3ccc(OCCCCCCOC(=O)C(=C)CC(=O)OCCC)cc3)ccc1-2. The van der Waals surface area contributed by atoms with Crippen LogP contribution in [0, 0.1) is 0 Å². The Morgan fingerprint density at radius 3 is 1.90 bits per heavy atom. The van der Waals surface area contributed by atoms with Crippen molar-refractivity contribution in [2.45, 2.75) is 71.1 Å². The second-order valence-electron chi connectivity index (χ2n) is 12.5. The molecule has 0 aromatic heterocycles. The fourth-order valence-corrected chi connectivity index (χ4v) is 5.62. The van der Waals surface area contributed by atoms with Gasteiger partial charge in [0.2, 0.25) is 0 Å². The summed E-state index contributed by atoms with van der Waals surface area (Å²) < 4.78 is 32.7. The summed E-state index contributed by atoms with van der Waals surface area (Å²) in [6, 6.07) is 18.7. The molecule has 10 heteroatoms. The van der Waals surface area contributed by atoms with Gasteiger partial charge in [-0.25, -0.2) is 14.4 Å². The Bertz CT molecular complexity index is 1710. The summed E-state index contributed by atoms with van der Waals surface area (Å²) in [6.45, 7) is 13.0. The molecule has 4 rings (SSSR count). The van der Waals surface area contributed by atoms with E-state index in [2.05, 4.69) is 32.2 Å².